The number of imidazole rings is 1. The van der Waals surface area contributed by atoms with Gasteiger partial charge in [-0.3, -0.25) is 0 Å². The molecule has 0 saturated heterocycles. The molecule has 0 aliphatic carbocycles. The predicted octanol–water partition coefficient (Wildman–Crippen LogP) is 2.46. The SMILES string of the molecule is CS(=O)(=O)c1cccc2[nH]c(CCC(F)(F)F)nc12. The Kier molecular flexibility index (Phi) is 3.29. The highest BCUT2D eigenvalue weighted by Gasteiger charge is 2.27. The number of halogens is 3. The molecular formula is C11H11F3N2O2S. The molecule has 19 heavy (non-hydrogen) atoms. The Labute approximate surface area is 107 Å². The fourth-order valence-corrected chi connectivity index (χ4v) is 2.57. The van der Waals surface area contributed by atoms with Crippen molar-refractivity contribution < 1.29 is 21.6 Å². The molecule has 0 fully saturated rings. The Morgan fingerprint density at radius 3 is 2.58 bits per heavy atom. The Morgan fingerprint density at radius 1 is 1.32 bits per heavy atom. The number of alkyl halides is 3. The number of aromatic amines is 1. The molecule has 0 aliphatic heterocycles. The molecule has 1 heterocycles. The minimum absolute atomic E-state index is 0.0134. The molecule has 0 saturated carbocycles. The number of aromatic nitrogens is 2. The summed E-state index contributed by atoms with van der Waals surface area (Å²) < 4.78 is 59.5. The molecule has 0 amide bonds. The molecule has 4 nitrogen and oxygen atoms in total. The Balaban J connectivity index is 2.41. The van der Waals surface area contributed by atoms with Crippen LogP contribution < -0.4 is 0 Å². The summed E-state index contributed by atoms with van der Waals surface area (Å²) in [7, 11) is -3.46. The zero-order valence-corrected chi connectivity index (χ0v) is 10.8. The number of aryl methyl sites for hydroxylation is 1. The highest BCUT2D eigenvalue weighted by atomic mass is 32.2. The van der Waals surface area contributed by atoms with Crippen LogP contribution in [0, 0.1) is 0 Å². The molecule has 0 radical (unpaired) electrons. The van der Waals surface area contributed by atoms with E-state index in [0.29, 0.717) is 5.52 Å². The van der Waals surface area contributed by atoms with E-state index in [-0.39, 0.29) is 22.7 Å². The third-order valence-electron chi connectivity index (χ3n) is 2.57. The van der Waals surface area contributed by atoms with Crippen molar-refractivity contribution in [2.24, 2.45) is 0 Å². The fraction of sp³-hybridized carbons (Fsp3) is 0.364. The number of H-pyrrole nitrogens is 1. The third-order valence-corrected chi connectivity index (χ3v) is 3.70. The molecule has 2 aromatic rings. The summed E-state index contributed by atoms with van der Waals surface area (Å²) in [5.74, 6) is 0.128. The Hall–Kier alpha value is -1.57. The maximum Gasteiger partial charge on any atom is 0.389 e. The Morgan fingerprint density at radius 2 is 2.00 bits per heavy atom. The van der Waals surface area contributed by atoms with Crippen molar-refractivity contribution in [3.63, 3.8) is 0 Å². The van der Waals surface area contributed by atoms with E-state index in [0.717, 1.165) is 6.26 Å². The van der Waals surface area contributed by atoms with Gasteiger partial charge in [0.15, 0.2) is 9.84 Å². The quantitative estimate of drug-likeness (QED) is 0.945. The van der Waals surface area contributed by atoms with Gasteiger partial charge in [0.05, 0.1) is 16.8 Å². The van der Waals surface area contributed by atoms with Gasteiger partial charge in [-0.1, -0.05) is 6.07 Å². The summed E-state index contributed by atoms with van der Waals surface area (Å²) in [6.45, 7) is 0. The number of hydrogen-bond acceptors (Lipinski definition) is 3. The van der Waals surface area contributed by atoms with Crippen LogP contribution >= 0.6 is 0 Å². The predicted molar refractivity (Wildman–Crippen MR) is 63.6 cm³/mol. The van der Waals surface area contributed by atoms with Gasteiger partial charge in [-0.2, -0.15) is 13.2 Å². The van der Waals surface area contributed by atoms with Crippen molar-refractivity contribution >= 4 is 20.9 Å². The monoisotopic (exact) mass is 292 g/mol. The lowest BCUT2D eigenvalue weighted by Gasteiger charge is -2.02. The van der Waals surface area contributed by atoms with Crippen LogP contribution in [-0.2, 0) is 16.3 Å². The van der Waals surface area contributed by atoms with Gasteiger partial charge < -0.3 is 4.98 Å². The molecule has 0 atom stereocenters. The lowest BCUT2D eigenvalue weighted by Crippen LogP contribution is -2.09. The van der Waals surface area contributed by atoms with Crippen LogP contribution in [0.2, 0.25) is 0 Å². The van der Waals surface area contributed by atoms with Crippen molar-refractivity contribution in [3.05, 3.63) is 24.0 Å². The van der Waals surface area contributed by atoms with Crippen molar-refractivity contribution in [3.8, 4) is 0 Å². The second-order valence-electron chi connectivity index (χ2n) is 4.22. The molecule has 2 rings (SSSR count). The molecule has 1 aromatic heterocycles. The summed E-state index contributed by atoms with van der Waals surface area (Å²) in [6, 6.07) is 4.48. The number of para-hydroxylation sites is 1. The summed E-state index contributed by atoms with van der Waals surface area (Å²) >= 11 is 0. The maximum atomic E-state index is 12.1. The normalized spacial score (nSPS) is 13.1. The van der Waals surface area contributed by atoms with Crippen molar-refractivity contribution in [1.29, 1.82) is 0 Å². The first-order chi connectivity index (χ1) is 8.67. The third kappa shape index (κ3) is 3.25. The molecule has 0 bridgehead atoms. The topological polar surface area (TPSA) is 62.8 Å². The van der Waals surface area contributed by atoms with Crippen molar-refractivity contribution in [2.45, 2.75) is 23.9 Å². The lowest BCUT2D eigenvalue weighted by molar-refractivity contribution is -0.134. The van der Waals surface area contributed by atoms with Crippen LogP contribution in [0.3, 0.4) is 0 Å². The van der Waals surface area contributed by atoms with E-state index in [1.54, 1.807) is 6.07 Å². The van der Waals surface area contributed by atoms with Crippen LogP contribution in [0.4, 0.5) is 13.2 Å². The first kappa shape index (κ1) is 13.9. The van der Waals surface area contributed by atoms with Gasteiger partial charge in [-0.15, -0.1) is 0 Å². The van der Waals surface area contributed by atoms with Gasteiger partial charge in [0, 0.05) is 12.7 Å². The van der Waals surface area contributed by atoms with Gasteiger partial charge in [0.1, 0.15) is 11.3 Å². The highest BCUT2D eigenvalue weighted by Crippen LogP contribution is 2.24. The summed E-state index contributed by atoms with van der Waals surface area (Å²) in [5, 5.41) is 0. The Bertz CT molecular complexity index is 704. The number of nitrogens with one attached hydrogen (secondary N) is 1. The molecular weight excluding hydrogens is 281 g/mol. The number of benzene rings is 1. The first-order valence-electron chi connectivity index (χ1n) is 5.41. The van der Waals surface area contributed by atoms with Gasteiger partial charge in [-0.25, -0.2) is 13.4 Å². The smallest absolute Gasteiger partial charge is 0.342 e. The number of rotatable bonds is 3. The number of sulfone groups is 1. The largest absolute Gasteiger partial charge is 0.389 e. The molecule has 8 heteroatoms. The zero-order valence-electron chi connectivity index (χ0n) is 9.95. The van der Waals surface area contributed by atoms with E-state index < -0.39 is 22.4 Å². The number of hydrogen-bond donors (Lipinski definition) is 1. The summed E-state index contributed by atoms with van der Waals surface area (Å²) in [5.41, 5.74) is 0.599. The second-order valence-corrected chi connectivity index (χ2v) is 6.21. The molecule has 1 aromatic carbocycles. The van der Waals surface area contributed by atoms with Crippen LogP contribution in [0.25, 0.3) is 11.0 Å². The van der Waals surface area contributed by atoms with Gasteiger partial charge >= 0.3 is 6.18 Å². The van der Waals surface area contributed by atoms with Crippen LogP contribution in [0.5, 0.6) is 0 Å². The molecule has 1 N–H and O–H groups in total. The van der Waals surface area contributed by atoms with Crippen LogP contribution in [0.15, 0.2) is 23.1 Å². The van der Waals surface area contributed by atoms with Gasteiger partial charge in [0.2, 0.25) is 0 Å². The number of fused-ring (bicyclic) bond motifs is 1. The molecule has 0 aliphatic rings. The summed E-state index contributed by atoms with van der Waals surface area (Å²) in [4.78, 5) is 6.67. The maximum absolute atomic E-state index is 12.1. The van der Waals surface area contributed by atoms with E-state index in [1.807, 2.05) is 0 Å². The van der Waals surface area contributed by atoms with E-state index >= 15 is 0 Å². The lowest BCUT2D eigenvalue weighted by atomic mass is 10.3. The van der Waals surface area contributed by atoms with Crippen LogP contribution in [-0.4, -0.2) is 30.8 Å². The standard InChI is InChI=1S/C11H11F3N2O2S/c1-19(17,18)8-4-2-3-7-10(8)16-9(15-7)5-6-11(12,13)14/h2-4H,5-6H2,1H3,(H,15,16). The van der Waals surface area contributed by atoms with Gasteiger partial charge in [0.25, 0.3) is 0 Å². The minimum atomic E-state index is -4.27. The first-order valence-corrected chi connectivity index (χ1v) is 7.30. The van der Waals surface area contributed by atoms with E-state index in [9.17, 15) is 21.6 Å². The molecule has 104 valence electrons. The average molecular weight is 292 g/mol. The second kappa shape index (κ2) is 4.52. The number of nitrogens with zero attached hydrogens (tertiary/aromatic N) is 1. The van der Waals surface area contributed by atoms with Gasteiger partial charge in [-0.05, 0) is 12.1 Å². The van der Waals surface area contributed by atoms with Crippen LogP contribution in [0.1, 0.15) is 12.2 Å². The molecule has 0 unspecified atom stereocenters. The van der Waals surface area contributed by atoms with Crippen molar-refractivity contribution in [1.82, 2.24) is 9.97 Å². The highest BCUT2D eigenvalue weighted by molar-refractivity contribution is 7.91. The molecule has 0 spiro atoms. The van der Waals surface area contributed by atoms with E-state index in [2.05, 4.69) is 9.97 Å². The minimum Gasteiger partial charge on any atom is -0.342 e. The fourth-order valence-electron chi connectivity index (χ4n) is 1.73. The zero-order chi connectivity index (χ0) is 14.3. The summed E-state index contributed by atoms with van der Waals surface area (Å²) in [6.07, 6.45) is -4.53. The van der Waals surface area contributed by atoms with E-state index in [4.69, 9.17) is 0 Å². The van der Waals surface area contributed by atoms with E-state index in [1.165, 1.54) is 12.1 Å². The average Bonchev–Trinajstić information content (AvgIpc) is 2.66. The van der Waals surface area contributed by atoms with Crippen molar-refractivity contribution in [2.75, 3.05) is 6.26 Å².